The number of ether oxygens (including phenoxy) is 1. The zero-order valence-corrected chi connectivity index (χ0v) is 18.5. The normalized spacial score (nSPS) is 15.7. The lowest BCUT2D eigenvalue weighted by Crippen LogP contribution is -2.49. The first-order valence-electron chi connectivity index (χ1n) is 10.5. The van der Waals surface area contributed by atoms with Crippen LogP contribution in [0.2, 0.25) is 5.02 Å². The third-order valence-corrected chi connectivity index (χ3v) is 5.65. The van der Waals surface area contributed by atoms with E-state index in [1.807, 2.05) is 29.2 Å². The van der Waals surface area contributed by atoms with Gasteiger partial charge in [-0.1, -0.05) is 49.7 Å². The van der Waals surface area contributed by atoms with E-state index in [0.29, 0.717) is 42.4 Å². The van der Waals surface area contributed by atoms with Crippen LogP contribution in [0, 0.1) is 0 Å². The molecular weight excluding hydrogens is 400 g/mol. The fourth-order valence-corrected chi connectivity index (χ4v) is 3.85. The molecule has 1 saturated heterocycles. The van der Waals surface area contributed by atoms with Gasteiger partial charge in [0, 0.05) is 29.7 Å². The molecule has 1 unspecified atom stereocenters. The average Bonchev–Trinajstić information content (AvgIpc) is 2.74. The number of likely N-dealkylation sites (tertiary alicyclic amines) is 1. The molecule has 6 heteroatoms. The van der Waals surface area contributed by atoms with Crippen molar-refractivity contribution in [3.05, 3.63) is 64.7 Å². The molecule has 1 atom stereocenters. The summed E-state index contributed by atoms with van der Waals surface area (Å²) in [6.07, 6.45) is 0.844. The molecule has 0 saturated carbocycles. The maximum absolute atomic E-state index is 12.6. The number of amides is 2. The molecular formula is C24H29ClN2O3. The van der Waals surface area contributed by atoms with Crippen LogP contribution in [0.5, 0.6) is 5.75 Å². The zero-order valence-electron chi connectivity index (χ0n) is 17.7. The predicted octanol–water partition coefficient (Wildman–Crippen LogP) is 4.65. The number of halogens is 1. The maximum Gasteiger partial charge on any atom is 0.260 e. The molecule has 0 radical (unpaired) electrons. The first kappa shape index (κ1) is 22.2. The van der Waals surface area contributed by atoms with E-state index in [1.165, 1.54) is 0 Å². The highest BCUT2D eigenvalue weighted by Gasteiger charge is 2.26. The Hall–Kier alpha value is -2.53. The Kier molecular flexibility index (Phi) is 7.38. The summed E-state index contributed by atoms with van der Waals surface area (Å²) in [7, 11) is 0. The summed E-state index contributed by atoms with van der Waals surface area (Å²) in [5.74, 6) is 0.910. The van der Waals surface area contributed by atoms with E-state index < -0.39 is 6.10 Å². The van der Waals surface area contributed by atoms with Crippen molar-refractivity contribution in [1.29, 1.82) is 0 Å². The van der Waals surface area contributed by atoms with Crippen LogP contribution >= 0.6 is 11.6 Å². The highest BCUT2D eigenvalue weighted by Crippen LogP contribution is 2.27. The quantitative estimate of drug-likeness (QED) is 0.728. The van der Waals surface area contributed by atoms with Crippen LogP contribution in [-0.2, 0) is 4.79 Å². The molecule has 1 aliphatic rings. The third-order valence-electron chi connectivity index (χ3n) is 5.41. The van der Waals surface area contributed by atoms with E-state index in [-0.39, 0.29) is 17.9 Å². The molecule has 30 heavy (non-hydrogen) atoms. The number of hydrogen-bond donors (Lipinski definition) is 1. The lowest BCUT2D eigenvalue weighted by Gasteiger charge is -2.33. The average molecular weight is 429 g/mol. The first-order chi connectivity index (χ1) is 14.3. The number of benzene rings is 2. The minimum Gasteiger partial charge on any atom is -0.481 e. The summed E-state index contributed by atoms with van der Waals surface area (Å²) in [4.78, 5) is 27.1. The van der Waals surface area contributed by atoms with Gasteiger partial charge >= 0.3 is 0 Å². The van der Waals surface area contributed by atoms with E-state index in [2.05, 4.69) is 19.2 Å². The molecule has 0 aromatic heterocycles. The third kappa shape index (κ3) is 5.54. The Morgan fingerprint density at radius 1 is 1.07 bits per heavy atom. The minimum atomic E-state index is -0.587. The standard InChI is InChI=1S/C24H29ClN2O3/c1-16(2)21-9-4-5-10-22(21)30-17(3)23(28)26-20-11-13-27(14-12-20)24(29)18-7-6-8-19(25)15-18/h4-10,15-17,20H,11-14H2,1-3H3,(H,26,28). The molecule has 0 aliphatic carbocycles. The van der Waals surface area contributed by atoms with Crippen molar-refractivity contribution in [2.45, 2.75) is 51.7 Å². The second-order valence-electron chi connectivity index (χ2n) is 8.04. The van der Waals surface area contributed by atoms with Gasteiger partial charge in [0.2, 0.25) is 0 Å². The molecule has 2 amide bonds. The summed E-state index contributed by atoms with van der Waals surface area (Å²) in [5, 5.41) is 3.62. The molecule has 3 rings (SSSR count). The predicted molar refractivity (Wildman–Crippen MR) is 119 cm³/mol. The van der Waals surface area contributed by atoms with Gasteiger partial charge in [-0.05, 0) is 55.5 Å². The SMILES string of the molecule is CC(Oc1ccccc1C(C)C)C(=O)NC1CCN(C(=O)c2cccc(Cl)c2)CC1. The molecule has 1 N–H and O–H groups in total. The van der Waals surface area contributed by atoms with Crippen molar-refractivity contribution >= 4 is 23.4 Å². The van der Waals surface area contributed by atoms with Gasteiger partial charge in [0.25, 0.3) is 11.8 Å². The summed E-state index contributed by atoms with van der Waals surface area (Å²) in [5.41, 5.74) is 1.68. The van der Waals surface area contributed by atoms with Crippen LogP contribution in [0.25, 0.3) is 0 Å². The van der Waals surface area contributed by atoms with Crippen molar-refractivity contribution in [2.24, 2.45) is 0 Å². The highest BCUT2D eigenvalue weighted by molar-refractivity contribution is 6.30. The van der Waals surface area contributed by atoms with Crippen LogP contribution in [0.3, 0.4) is 0 Å². The van der Waals surface area contributed by atoms with Gasteiger partial charge in [-0.3, -0.25) is 9.59 Å². The smallest absolute Gasteiger partial charge is 0.260 e. The first-order valence-corrected chi connectivity index (χ1v) is 10.8. The monoisotopic (exact) mass is 428 g/mol. The van der Waals surface area contributed by atoms with Crippen molar-refractivity contribution in [3.8, 4) is 5.75 Å². The van der Waals surface area contributed by atoms with Gasteiger partial charge in [-0.15, -0.1) is 0 Å². The Bertz CT molecular complexity index is 892. The fourth-order valence-electron chi connectivity index (χ4n) is 3.66. The number of para-hydroxylation sites is 1. The lowest BCUT2D eigenvalue weighted by molar-refractivity contribution is -0.128. The minimum absolute atomic E-state index is 0.0238. The van der Waals surface area contributed by atoms with E-state index in [1.54, 1.807) is 31.2 Å². The van der Waals surface area contributed by atoms with Crippen molar-refractivity contribution in [3.63, 3.8) is 0 Å². The summed E-state index contributed by atoms with van der Waals surface area (Å²) < 4.78 is 5.95. The number of rotatable bonds is 6. The van der Waals surface area contributed by atoms with Crippen molar-refractivity contribution < 1.29 is 14.3 Å². The molecule has 1 fully saturated rings. The number of piperidine rings is 1. The van der Waals surface area contributed by atoms with Gasteiger partial charge in [-0.25, -0.2) is 0 Å². The van der Waals surface area contributed by atoms with E-state index in [4.69, 9.17) is 16.3 Å². The van der Waals surface area contributed by atoms with Crippen LogP contribution in [0.15, 0.2) is 48.5 Å². The second kappa shape index (κ2) is 9.98. The molecule has 160 valence electrons. The number of hydrogen-bond acceptors (Lipinski definition) is 3. The van der Waals surface area contributed by atoms with Crippen LogP contribution in [-0.4, -0.2) is 41.9 Å². The lowest BCUT2D eigenvalue weighted by atomic mass is 10.0. The molecule has 2 aromatic rings. The van der Waals surface area contributed by atoms with Crippen molar-refractivity contribution in [1.82, 2.24) is 10.2 Å². The topological polar surface area (TPSA) is 58.6 Å². The van der Waals surface area contributed by atoms with Crippen LogP contribution in [0.4, 0.5) is 0 Å². The molecule has 5 nitrogen and oxygen atoms in total. The van der Waals surface area contributed by atoms with Crippen LogP contribution in [0.1, 0.15) is 55.5 Å². The van der Waals surface area contributed by atoms with E-state index in [0.717, 1.165) is 11.3 Å². The number of carbonyl (C=O) groups excluding carboxylic acids is 2. The Labute approximate surface area is 183 Å². The Balaban J connectivity index is 1.51. The Morgan fingerprint density at radius 2 is 1.77 bits per heavy atom. The van der Waals surface area contributed by atoms with Gasteiger partial charge in [-0.2, -0.15) is 0 Å². The number of carbonyl (C=O) groups is 2. The van der Waals surface area contributed by atoms with E-state index >= 15 is 0 Å². The molecule has 1 heterocycles. The number of nitrogens with zero attached hydrogens (tertiary/aromatic N) is 1. The van der Waals surface area contributed by atoms with E-state index in [9.17, 15) is 9.59 Å². The van der Waals surface area contributed by atoms with Gasteiger partial charge in [0.1, 0.15) is 5.75 Å². The van der Waals surface area contributed by atoms with Gasteiger partial charge < -0.3 is 15.0 Å². The summed E-state index contributed by atoms with van der Waals surface area (Å²) in [6, 6.07) is 14.8. The van der Waals surface area contributed by atoms with Crippen LogP contribution < -0.4 is 10.1 Å². The largest absolute Gasteiger partial charge is 0.481 e. The van der Waals surface area contributed by atoms with Crippen molar-refractivity contribution in [2.75, 3.05) is 13.1 Å². The maximum atomic E-state index is 12.6. The summed E-state index contributed by atoms with van der Waals surface area (Å²) in [6.45, 7) is 7.17. The highest BCUT2D eigenvalue weighted by atomic mass is 35.5. The van der Waals surface area contributed by atoms with Gasteiger partial charge in [0.05, 0.1) is 0 Å². The fraction of sp³-hybridized carbons (Fsp3) is 0.417. The Morgan fingerprint density at radius 3 is 2.43 bits per heavy atom. The molecule has 1 aliphatic heterocycles. The van der Waals surface area contributed by atoms with Gasteiger partial charge in [0.15, 0.2) is 6.10 Å². The molecule has 0 bridgehead atoms. The summed E-state index contributed by atoms with van der Waals surface area (Å²) >= 11 is 5.99. The second-order valence-corrected chi connectivity index (χ2v) is 8.47. The zero-order chi connectivity index (χ0) is 21.7. The molecule has 0 spiro atoms. The number of nitrogens with one attached hydrogen (secondary N) is 1. The molecule has 2 aromatic carbocycles.